The molecule has 0 amide bonds. The molecule has 2 aromatic rings. The lowest BCUT2D eigenvalue weighted by molar-refractivity contribution is 0.417. The largest absolute Gasteiger partial charge is 0.313 e. The van der Waals surface area contributed by atoms with Crippen LogP contribution in [0.5, 0.6) is 0 Å². The molecule has 1 aromatic carbocycles. The van der Waals surface area contributed by atoms with Gasteiger partial charge >= 0.3 is 0 Å². The molecule has 110 valence electrons. The number of rotatable bonds is 6. The highest BCUT2D eigenvalue weighted by molar-refractivity contribution is 5.35. The average Bonchev–Trinajstić information content (AvgIpc) is 3.32. The van der Waals surface area contributed by atoms with Crippen molar-refractivity contribution in [3.63, 3.8) is 0 Å². The summed E-state index contributed by atoms with van der Waals surface area (Å²) in [5.41, 5.74) is 4.31. The van der Waals surface area contributed by atoms with Gasteiger partial charge in [0.15, 0.2) is 0 Å². The quantitative estimate of drug-likeness (QED) is 0.874. The third-order valence-electron chi connectivity index (χ3n) is 4.77. The Labute approximate surface area is 127 Å². The summed E-state index contributed by atoms with van der Waals surface area (Å²) in [5.74, 6) is 0. The van der Waals surface area contributed by atoms with E-state index in [1.54, 1.807) is 0 Å². The van der Waals surface area contributed by atoms with E-state index in [9.17, 15) is 0 Å². The van der Waals surface area contributed by atoms with Gasteiger partial charge in [0.1, 0.15) is 0 Å². The first-order valence-corrected chi connectivity index (χ1v) is 7.95. The van der Waals surface area contributed by atoms with E-state index in [-0.39, 0.29) is 0 Å². The van der Waals surface area contributed by atoms with Gasteiger partial charge in [0.25, 0.3) is 0 Å². The van der Waals surface area contributed by atoms with Gasteiger partial charge in [-0.15, -0.1) is 0 Å². The fourth-order valence-corrected chi connectivity index (χ4v) is 3.38. The Balaban J connectivity index is 1.87. The summed E-state index contributed by atoms with van der Waals surface area (Å²) in [5, 5.41) is 3.72. The average molecular weight is 280 g/mol. The van der Waals surface area contributed by atoms with E-state index >= 15 is 0 Å². The first-order chi connectivity index (χ1) is 10.3. The predicted octanol–water partition coefficient (Wildman–Crippen LogP) is 3.64. The van der Waals surface area contributed by atoms with Crippen molar-refractivity contribution in [2.75, 3.05) is 6.54 Å². The molecule has 1 heterocycles. The maximum atomic E-state index is 4.60. The number of likely N-dealkylation sites (N-methyl/N-ethyl adjacent to an activating group) is 1. The lowest BCUT2D eigenvalue weighted by Crippen LogP contribution is -2.42. The highest BCUT2D eigenvalue weighted by atomic mass is 14.9. The number of hydrogen-bond donors (Lipinski definition) is 1. The van der Waals surface area contributed by atoms with Crippen LogP contribution in [0.4, 0.5) is 0 Å². The molecule has 2 nitrogen and oxygen atoms in total. The third-order valence-corrected chi connectivity index (χ3v) is 4.77. The molecule has 0 spiro atoms. The molecule has 0 saturated heterocycles. The molecule has 1 aromatic heterocycles. The van der Waals surface area contributed by atoms with Gasteiger partial charge in [0, 0.05) is 29.8 Å². The molecule has 2 heteroatoms. The van der Waals surface area contributed by atoms with E-state index in [1.165, 1.54) is 29.7 Å². The summed E-state index contributed by atoms with van der Waals surface area (Å²) < 4.78 is 0. The minimum Gasteiger partial charge on any atom is -0.313 e. The molecule has 1 fully saturated rings. The van der Waals surface area contributed by atoms with Crippen LogP contribution in [0.1, 0.15) is 36.6 Å². The second-order valence-corrected chi connectivity index (χ2v) is 6.10. The van der Waals surface area contributed by atoms with Gasteiger partial charge in [0.2, 0.25) is 0 Å². The van der Waals surface area contributed by atoms with E-state index in [1.807, 2.05) is 12.3 Å². The smallest absolute Gasteiger partial charge is 0.0448 e. The zero-order chi connectivity index (χ0) is 14.7. The molecule has 1 atom stereocenters. The zero-order valence-corrected chi connectivity index (χ0v) is 13.0. The normalized spacial score (nSPS) is 17.4. The van der Waals surface area contributed by atoms with Crippen molar-refractivity contribution >= 4 is 0 Å². The predicted molar refractivity (Wildman–Crippen MR) is 87.5 cm³/mol. The molecule has 0 radical (unpaired) electrons. The second-order valence-electron chi connectivity index (χ2n) is 6.10. The molecule has 1 N–H and O–H groups in total. The van der Waals surface area contributed by atoms with Crippen molar-refractivity contribution in [1.82, 2.24) is 10.3 Å². The van der Waals surface area contributed by atoms with E-state index < -0.39 is 0 Å². The maximum absolute atomic E-state index is 4.60. The number of aryl methyl sites for hydroxylation is 1. The summed E-state index contributed by atoms with van der Waals surface area (Å²) in [6.45, 7) is 5.36. The Bertz CT molecular complexity index is 588. The van der Waals surface area contributed by atoms with Crippen molar-refractivity contribution in [2.24, 2.45) is 0 Å². The highest BCUT2D eigenvalue weighted by Gasteiger charge is 2.50. The molecule has 1 unspecified atom stereocenters. The highest BCUT2D eigenvalue weighted by Crippen LogP contribution is 2.51. The summed E-state index contributed by atoms with van der Waals surface area (Å²) in [6, 6.07) is 15.6. The lowest BCUT2D eigenvalue weighted by Gasteiger charge is -2.28. The topological polar surface area (TPSA) is 24.9 Å². The zero-order valence-electron chi connectivity index (χ0n) is 13.0. The van der Waals surface area contributed by atoms with E-state index in [0.29, 0.717) is 11.5 Å². The van der Waals surface area contributed by atoms with Crippen LogP contribution in [0.2, 0.25) is 0 Å². The molecule has 1 aliphatic carbocycles. The number of benzene rings is 1. The summed E-state index contributed by atoms with van der Waals surface area (Å²) in [7, 11) is 0. The maximum Gasteiger partial charge on any atom is 0.0448 e. The minimum atomic E-state index is 0.307. The van der Waals surface area contributed by atoms with Crippen LogP contribution >= 0.6 is 0 Å². The second kappa shape index (κ2) is 5.98. The van der Waals surface area contributed by atoms with Gasteiger partial charge < -0.3 is 5.32 Å². The number of pyridine rings is 1. The number of nitrogens with one attached hydrogen (secondary N) is 1. The van der Waals surface area contributed by atoms with Gasteiger partial charge in [0.05, 0.1) is 0 Å². The van der Waals surface area contributed by atoms with Crippen molar-refractivity contribution in [1.29, 1.82) is 0 Å². The molecular formula is C19H24N2. The first-order valence-electron chi connectivity index (χ1n) is 7.95. The minimum absolute atomic E-state index is 0.307. The number of aromatic nitrogens is 1. The molecule has 0 bridgehead atoms. The van der Waals surface area contributed by atoms with E-state index in [4.69, 9.17) is 0 Å². The lowest BCUT2D eigenvalue weighted by atomic mass is 9.84. The number of nitrogens with zero attached hydrogens (tertiary/aromatic N) is 1. The summed E-state index contributed by atoms with van der Waals surface area (Å²) in [4.78, 5) is 4.60. The van der Waals surface area contributed by atoms with Crippen molar-refractivity contribution in [3.05, 3.63) is 65.5 Å². The van der Waals surface area contributed by atoms with Crippen LogP contribution in [-0.4, -0.2) is 17.6 Å². The third kappa shape index (κ3) is 2.86. The van der Waals surface area contributed by atoms with Crippen molar-refractivity contribution < 1.29 is 0 Å². The van der Waals surface area contributed by atoms with Crippen molar-refractivity contribution in [3.8, 4) is 0 Å². The Hall–Kier alpha value is -1.67. The fourth-order valence-electron chi connectivity index (χ4n) is 3.38. The Kier molecular flexibility index (Phi) is 4.07. The SMILES string of the molecule is CCNC(Cc1ncccc1C)C1(c2ccccc2)CC1. The molecule has 21 heavy (non-hydrogen) atoms. The molecule has 1 aliphatic rings. The molecular weight excluding hydrogens is 256 g/mol. The van der Waals surface area contributed by atoms with Gasteiger partial charge in [-0.3, -0.25) is 4.98 Å². The first kappa shape index (κ1) is 14.3. The van der Waals surface area contributed by atoms with Gasteiger partial charge in [-0.2, -0.15) is 0 Å². The monoisotopic (exact) mass is 280 g/mol. The Morgan fingerprint density at radius 3 is 2.52 bits per heavy atom. The van der Waals surface area contributed by atoms with Gasteiger partial charge in [-0.25, -0.2) is 0 Å². The molecule has 3 rings (SSSR count). The van der Waals surface area contributed by atoms with Crippen LogP contribution < -0.4 is 5.32 Å². The number of hydrogen-bond acceptors (Lipinski definition) is 2. The Morgan fingerprint density at radius 1 is 1.14 bits per heavy atom. The van der Waals surface area contributed by atoms with Crippen LogP contribution in [0, 0.1) is 6.92 Å². The van der Waals surface area contributed by atoms with Gasteiger partial charge in [-0.05, 0) is 43.5 Å². The van der Waals surface area contributed by atoms with E-state index in [2.05, 4.69) is 60.5 Å². The summed E-state index contributed by atoms with van der Waals surface area (Å²) >= 11 is 0. The summed E-state index contributed by atoms with van der Waals surface area (Å²) in [6.07, 6.45) is 5.48. The van der Waals surface area contributed by atoms with Gasteiger partial charge in [-0.1, -0.05) is 43.3 Å². The van der Waals surface area contributed by atoms with Crippen LogP contribution in [0.3, 0.4) is 0 Å². The van der Waals surface area contributed by atoms with Crippen molar-refractivity contribution in [2.45, 2.75) is 44.6 Å². The molecule has 1 saturated carbocycles. The standard InChI is InChI=1S/C19H24N2/c1-3-20-18(14-17-15(2)8-7-13-21-17)19(11-12-19)16-9-5-4-6-10-16/h4-10,13,18,20H,3,11-12,14H2,1-2H3. The molecule has 0 aliphatic heterocycles. The van der Waals surface area contributed by atoms with Crippen LogP contribution in [-0.2, 0) is 11.8 Å². The Morgan fingerprint density at radius 2 is 1.90 bits per heavy atom. The van der Waals surface area contributed by atoms with E-state index in [0.717, 1.165) is 13.0 Å². The van der Waals surface area contributed by atoms with Crippen LogP contribution in [0.25, 0.3) is 0 Å². The van der Waals surface area contributed by atoms with Crippen LogP contribution in [0.15, 0.2) is 48.7 Å². The fraction of sp³-hybridized carbons (Fsp3) is 0.421.